The highest BCUT2D eigenvalue weighted by molar-refractivity contribution is 5.64. The Balaban J connectivity index is 1.61. The third-order valence-electron chi connectivity index (χ3n) is 5.46. The summed E-state index contributed by atoms with van der Waals surface area (Å²) in [6.45, 7) is 3.90. The molecule has 0 radical (unpaired) electrons. The van der Waals surface area contributed by atoms with Crippen molar-refractivity contribution in [3.05, 3.63) is 103 Å². The van der Waals surface area contributed by atoms with E-state index < -0.39 is 5.60 Å². The van der Waals surface area contributed by atoms with Gasteiger partial charge in [0.1, 0.15) is 0 Å². The van der Waals surface area contributed by atoms with Gasteiger partial charge in [0.25, 0.3) is 0 Å². The van der Waals surface area contributed by atoms with Gasteiger partial charge in [-0.3, -0.25) is 0 Å². The Morgan fingerprint density at radius 2 is 1.37 bits per heavy atom. The minimum atomic E-state index is -1.04. The Kier molecular flexibility index (Phi) is 5.63. The second-order valence-corrected chi connectivity index (χ2v) is 7.74. The van der Waals surface area contributed by atoms with Crippen molar-refractivity contribution in [2.75, 3.05) is 4.90 Å². The maximum atomic E-state index is 11.5. The van der Waals surface area contributed by atoms with Gasteiger partial charge in [-0.05, 0) is 50.2 Å². The molecule has 4 aromatic rings. The SMILES string of the molecule is C[C@H](N(c1ccccc1)c1ccccc1)[C@](C)(O)Cc1cn(-c2ccccc2)nn1. The van der Waals surface area contributed by atoms with Gasteiger partial charge in [0.15, 0.2) is 0 Å². The van der Waals surface area contributed by atoms with Crippen LogP contribution >= 0.6 is 0 Å². The Morgan fingerprint density at radius 3 is 1.90 bits per heavy atom. The van der Waals surface area contributed by atoms with Gasteiger partial charge in [-0.15, -0.1) is 5.10 Å². The number of benzene rings is 3. The fraction of sp³-hybridized carbons (Fsp3) is 0.200. The van der Waals surface area contributed by atoms with E-state index in [9.17, 15) is 5.11 Å². The highest BCUT2D eigenvalue weighted by atomic mass is 16.3. The summed E-state index contributed by atoms with van der Waals surface area (Å²) in [5, 5.41) is 20.0. The maximum absolute atomic E-state index is 11.5. The van der Waals surface area contributed by atoms with E-state index in [1.165, 1.54) is 0 Å². The molecule has 1 heterocycles. The molecule has 0 fully saturated rings. The molecule has 0 aliphatic carbocycles. The van der Waals surface area contributed by atoms with E-state index in [1.807, 2.05) is 86.8 Å². The molecule has 5 heteroatoms. The van der Waals surface area contributed by atoms with Crippen LogP contribution in [0.15, 0.2) is 97.2 Å². The number of aromatic nitrogens is 3. The first-order chi connectivity index (χ1) is 14.5. The number of hydrogen-bond acceptors (Lipinski definition) is 4. The number of para-hydroxylation sites is 3. The van der Waals surface area contributed by atoms with Crippen LogP contribution in [0.1, 0.15) is 19.5 Å². The molecule has 1 N–H and O–H groups in total. The molecule has 30 heavy (non-hydrogen) atoms. The predicted molar refractivity (Wildman–Crippen MR) is 120 cm³/mol. The second kappa shape index (κ2) is 8.51. The lowest BCUT2D eigenvalue weighted by atomic mass is 9.90. The fourth-order valence-electron chi connectivity index (χ4n) is 3.65. The van der Waals surface area contributed by atoms with E-state index in [-0.39, 0.29) is 6.04 Å². The lowest BCUT2D eigenvalue weighted by molar-refractivity contribution is 0.0380. The summed E-state index contributed by atoms with van der Waals surface area (Å²) in [7, 11) is 0. The Labute approximate surface area is 177 Å². The molecule has 0 amide bonds. The highest BCUT2D eigenvalue weighted by Crippen LogP contribution is 2.32. The molecule has 3 aromatic carbocycles. The van der Waals surface area contributed by atoms with E-state index in [2.05, 4.69) is 39.5 Å². The van der Waals surface area contributed by atoms with Crippen molar-refractivity contribution >= 4 is 11.4 Å². The Hall–Kier alpha value is -3.44. The van der Waals surface area contributed by atoms with Crippen molar-refractivity contribution in [2.45, 2.75) is 31.9 Å². The number of aliphatic hydroxyl groups is 1. The van der Waals surface area contributed by atoms with Gasteiger partial charge in [-0.25, -0.2) is 4.68 Å². The van der Waals surface area contributed by atoms with Gasteiger partial charge in [0.05, 0.1) is 29.2 Å². The third-order valence-corrected chi connectivity index (χ3v) is 5.46. The molecule has 0 unspecified atom stereocenters. The third kappa shape index (κ3) is 4.26. The van der Waals surface area contributed by atoms with Crippen LogP contribution in [0, 0.1) is 0 Å². The van der Waals surface area contributed by atoms with E-state index >= 15 is 0 Å². The van der Waals surface area contributed by atoms with Crippen LogP contribution in [0.3, 0.4) is 0 Å². The summed E-state index contributed by atoms with van der Waals surface area (Å²) in [5.74, 6) is 0. The largest absolute Gasteiger partial charge is 0.388 e. The summed E-state index contributed by atoms with van der Waals surface area (Å²) in [4.78, 5) is 2.17. The van der Waals surface area contributed by atoms with Gasteiger partial charge >= 0.3 is 0 Å². The number of rotatable bonds is 7. The normalized spacial score (nSPS) is 14.1. The average Bonchev–Trinajstić information content (AvgIpc) is 3.24. The zero-order valence-corrected chi connectivity index (χ0v) is 17.3. The fourth-order valence-corrected chi connectivity index (χ4v) is 3.65. The smallest absolute Gasteiger partial charge is 0.0879 e. The first kappa shape index (κ1) is 19.9. The molecule has 4 rings (SSSR count). The summed E-state index contributed by atoms with van der Waals surface area (Å²) in [6.07, 6.45) is 2.27. The van der Waals surface area contributed by atoms with Crippen molar-refractivity contribution in [2.24, 2.45) is 0 Å². The minimum absolute atomic E-state index is 0.204. The maximum Gasteiger partial charge on any atom is 0.0879 e. The first-order valence-electron chi connectivity index (χ1n) is 10.1. The van der Waals surface area contributed by atoms with Crippen molar-refractivity contribution in [3.63, 3.8) is 0 Å². The lowest BCUT2D eigenvalue weighted by Crippen LogP contribution is -2.49. The monoisotopic (exact) mass is 398 g/mol. The van der Waals surface area contributed by atoms with Crippen molar-refractivity contribution in [1.29, 1.82) is 0 Å². The quantitative estimate of drug-likeness (QED) is 0.486. The van der Waals surface area contributed by atoms with Gasteiger partial charge in [0.2, 0.25) is 0 Å². The molecular formula is C25H26N4O. The molecule has 0 bridgehead atoms. The molecule has 5 nitrogen and oxygen atoms in total. The summed E-state index contributed by atoms with van der Waals surface area (Å²) < 4.78 is 1.74. The van der Waals surface area contributed by atoms with Crippen LogP contribution < -0.4 is 4.90 Å². The van der Waals surface area contributed by atoms with E-state index in [0.29, 0.717) is 6.42 Å². The van der Waals surface area contributed by atoms with Crippen molar-refractivity contribution in [1.82, 2.24) is 15.0 Å². The zero-order chi connectivity index (χ0) is 21.0. The molecular weight excluding hydrogens is 372 g/mol. The van der Waals surface area contributed by atoms with E-state index in [0.717, 1.165) is 22.8 Å². The van der Waals surface area contributed by atoms with Gasteiger partial charge < -0.3 is 10.0 Å². The molecule has 0 aliphatic heterocycles. The Bertz CT molecular complexity index is 1020. The number of anilines is 2. The van der Waals surface area contributed by atoms with Gasteiger partial charge in [0, 0.05) is 17.8 Å². The average molecular weight is 399 g/mol. The van der Waals surface area contributed by atoms with Crippen LogP contribution in [0.5, 0.6) is 0 Å². The molecule has 2 atom stereocenters. The summed E-state index contributed by atoms with van der Waals surface area (Å²) >= 11 is 0. The number of hydrogen-bond donors (Lipinski definition) is 1. The van der Waals surface area contributed by atoms with Crippen LogP contribution in [0.4, 0.5) is 11.4 Å². The van der Waals surface area contributed by atoms with Crippen molar-refractivity contribution in [3.8, 4) is 5.69 Å². The van der Waals surface area contributed by atoms with Gasteiger partial charge in [-0.1, -0.05) is 59.8 Å². The molecule has 1 aromatic heterocycles. The molecule has 0 saturated heterocycles. The van der Waals surface area contributed by atoms with Crippen LogP contribution in [-0.2, 0) is 6.42 Å². The van der Waals surface area contributed by atoms with E-state index in [4.69, 9.17) is 0 Å². The van der Waals surface area contributed by atoms with Crippen LogP contribution in [0.25, 0.3) is 5.69 Å². The first-order valence-corrected chi connectivity index (χ1v) is 10.1. The summed E-state index contributed by atoms with van der Waals surface area (Å²) in [6, 6.07) is 29.9. The van der Waals surface area contributed by atoms with E-state index in [1.54, 1.807) is 4.68 Å². The molecule has 0 aliphatic rings. The zero-order valence-electron chi connectivity index (χ0n) is 17.3. The molecule has 152 valence electrons. The standard InChI is InChI=1S/C25H26N4O/c1-20(29(23-14-8-4-9-15-23)24-16-10-5-11-17-24)25(2,30)18-21-19-28(27-26-21)22-12-6-3-7-13-22/h3-17,19-20,30H,18H2,1-2H3/t20-,25+/m0/s1. The molecule has 0 saturated carbocycles. The minimum Gasteiger partial charge on any atom is -0.388 e. The van der Waals surface area contributed by atoms with Crippen LogP contribution in [0.2, 0.25) is 0 Å². The topological polar surface area (TPSA) is 54.2 Å². The number of nitrogens with zero attached hydrogens (tertiary/aromatic N) is 4. The highest BCUT2D eigenvalue weighted by Gasteiger charge is 2.35. The van der Waals surface area contributed by atoms with Crippen LogP contribution in [-0.4, -0.2) is 31.7 Å². The lowest BCUT2D eigenvalue weighted by Gasteiger charge is -2.40. The second-order valence-electron chi connectivity index (χ2n) is 7.74. The summed E-state index contributed by atoms with van der Waals surface area (Å²) in [5.41, 5.74) is 2.72. The predicted octanol–water partition coefficient (Wildman–Crippen LogP) is 4.79. The molecule has 0 spiro atoms. The Morgan fingerprint density at radius 1 is 0.867 bits per heavy atom. The van der Waals surface area contributed by atoms with Crippen molar-refractivity contribution < 1.29 is 5.11 Å². The van der Waals surface area contributed by atoms with Gasteiger partial charge in [-0.2, -0.15) is 0 Å².